The Labute approximate surface area is 253 Å². The minimum absolute atomic E-state index is 1.05. The molecule has 0 atom stereocenters. The van der Waals surface area contributed by atoms with E-state index in [1.54, 1.807) is 0 Å². The first-order valence-electron chi connectivity index (χ1n) is 14.6. The lowest BCUT2D eigenvalue weighted by Gasteiger charge is -2.18. The van der Waals surface area contributed by atoms with Crippen molar-refractivity contribution in [3.8, 4) is 44.0 Å². The SMILES string of the molecule is c1ccc(-c2c3ccccc3c(-c3cccc(-c4sc5ccccc5c5nc6ccccc6c4-5)c3)c3ccccc23)cc1. The molecule has 0 aliphatic carbocycles. The van der Waals surface area contributed by atoms with Crippen LogP contribution >= 0.6 is 11.3 Å². The van der Waals surface area contributed by atoms with Crippen molar-refractivity contribution in [1.29, 1.82) is 0 Å². The topological polar surface area (TPSA) is 12.9 Å². The fourth-order valence-electron chi connectivity index (χ4n) is 6.80. The van der Waals surface area contributed by atoms with Crippen LogP contribution in [0, 0.1) is 0 Å². The van der Waals surface area contributed by atoms with Crippen LogP contribution in [0.5, 0.6) is 0 Å². The molecule has 200 valence electrons. The summed E-state index contributed by atoms with van der Waals surface area (Å²) in [5.74, 6) is 0. The molecular formula is C41H25NS. The zero-order valence-corrected chi connectivity index (χ0v) is 24.1. The average molecular weight is 564 g/mol. The molecule has 0 spiro atoms. The van der Waals surface area contributed by atoms with E-state index < -0.39 is 0 Å². The van der Waals surface area contributed by atoms with Crippen LogP contribution in [0.3, 0.4) is 0 Å². The highest BCUT2D eigenvalue weighted by atomic mass is 32.1. The predicted octanol–water partition coefficient (Wildman–Crippen LogP) is 11.9. The third kappa shape index (κ3) is 3.74. The first-order valence-corrected chi connectivity index (χ1v) is 15.5. The van der Waals surface area contributed by atoms with Crippen molar-refractivity contribution in [1.82, 2.24) is 4.98 Å². The summed E-state index contributed by atoms with van der Waals surface area (Å²) in [5.41, 5.74) is 9.63. The van der Waals surface area contributed by atoms with Gasteiger partial charge in [-0.25, -0.2) is 4.98 Å². The Hall–Kier alpha value is -5.31. The molecule has 2 aliphatic heterocycles. The number of nitrogens with zero attached hydrogens (tertiary/aromatic N) is 1. The Bertz CT molecular complexity index is 2390. The molecule has 1 nitrogen and oxygen atoms in total. The van der Waals surface area contributed by atoms with Gasteiger partial charge >= 0.3 is 0 Å². The number of fused-ring (bicyclic) bond motifs is 7. The van der Waals surface area contributed by atoms with Crippen LogP contribution in [0.1, 0.15) is 0 Å². The Kier molecular flexibility index (Phi) is 5.44. The van der Waals surface area contributed by atoms with E-state index in [4.69, 9.17) is 4.98 Å². The molecule has 43 heavy (non-hydrogen) atoms. The Balaban J connectivity index is 1.35. The minimum Gasteiger partial charge on any atom is -0.247 e. The van der Waals surface area contributed by atoms with Crippen LogP contribution in [0.2, 0.25) is 0 Å². The van der Waals surface area contributed by atoms with E-state index in [1.165, 1.54) is 75.3 Å². The van der Waals surface area contributed by atoms with Crippen molar-refractivity contribution < 1.29 is 0 Å². The fourth-order valence-corrected chi connectivity index (χ4v) is 7.99. The van der Waals surface area contributed by atoms with E-state index in [9.17, 15) is 0 Å². The molecule has 0 fully saturated rings. The molecule has 0 bridgehead atoms. The number of rotatable bonds is 3. The molecule has 0 unspecified atom stereocenters. The standard InChI is InChI=1S/C41H25NS/c1-2-13-26(14-3-1)37-29-17-4-6-19-31(29)38(32-20-7-5-18-30(32)37)27-15-12-16-28(25-27)41-39-33-21-8-10-23-35(33)42-40(39)34-22-9-11-24-36(34)43-41/h1-25H. The van der Waals surface area contributed by atoms with E-state index in [2.05, 4.69) is 152 Å². The van der Waals surface area contributed by atoms with E-state index in [1.807, 2.05) is 11.3 Å². The largest absolute Gasteiger partial charge is 0.247 e. The van der Waals surface area contributed by atoms with Crippen LogP contribution in [-0.2, 0) is 0 Å². The summed E-state index contributed by atoms with van der Waals surface area (Å²) in [7, 11) is 0. The molecule has 0 radical (unpaired) electrons. The van der Waals surface area contributed by atoms with Crippen molar-refractivity contribution in [3.05, 3.63) is 152 Å². The van der Waals surface area contributed by atoms with Gasteiger partial charge in [0.05, 0.1) is 11.2 Å². The van der Waals surface area contributed by atoms with Gasteiger partial charge in [0.25, 0.3) is 0 Å². The minimum atomic E-state index is 1.05. The van der Waals surface area contributed by atoms with Gasteiger partial charge in [0.1, 0.15) is 0 Å². The lowest BCUT2D eigenvalue weighted by Crippen LogP contribution is -1.91. The first-order chi connectivity index (χ1) is 21.3. The second-order valence-electron chi connectivity index (χ2n) is 11.1. The Morgan fingerprint density at radius 3 is 1.58 bits per heavy atom. The average Bonchev–Trinajstić information content (AvgIpc) is 3.47. The summed E-state index contributed by atoms with van der Waals surface area (Å²) in [4.78, 5) is 6.40. The normalized spacial score (nSPS) is 11.7. The van der Waals surface area contributed by atoms with Crippen LogP contribution in [-0.4, -0.2) is 4.98 Å². The number of hydrogen-bond donors (Lipinski definition) is 0. The van der Waals surface area contributed by atoms with Crippen LogP contribution < -0.4 is 0 Å². The molecular weight excluding hydrogens is 539 g/mol. The summed E-state index contributed by atoms with van der Waals surface area (Å²) < 4.78 is 1.25. The van der Waals surface area contributed by atoms with Gasteiger partial charge in [-0.15, -0.1) is 11.3 Å². The van der Waals surface area contributed by atoms with Crippen LogP contribution in [0.25, 0.3) is 86.5 Å². The highest BCUT2D eigenvalue weighted by molar-refractivity contribution is 7.22. The maximum absolute atomic E-state index is 5.14. The molecule has 0 amide bonds. The highest BCUT2D eigenvalue weighted by Crippen LogP contribution is 2.48. The smallest absolute Gasteiger partial charge is 0.0817 e. The molecule has 2 heteroatoms. The number of aromatic nitrogens is 1. The summed E-state index contributed by atoms with van der Waals surface area (Å²) in [6, 6.07) is 54.9. The van der Waals surface area contributed by atoms with Gasteiger partial charge in [0.15, 0.2) is 0 Å². The van der Waals surface area contributed by atoms with Crippen molar-refractivity contribution >= 4 is 53.9 Å². The first kappa shape index (κ1) is 24.3. The van der Waals surface area contributed by atoms with Gasteiger partial charge in [-0.2, -0.15) is 0 Å². The molecule has 0 saturated carbocycles. The number of benzene rings is 7. The molecule has 7 aromatic rings. The maximum Gasteiger partial charge on any atom is 0.0817 e. The monoisotopic (exact) mass is 563 g/mol. The number of para-hydroxylation sites is 1. The second-order valence-corrected chi connectivity index (χ2v) is 12.1. The van der Waals surface area contributed by atoms with E-state index >= 15 is 0 Å². The molecule has 0 saturated heterocycles. The quantitative estimate of drug-likeness (QED) is 0.195. The Morgan fingerprint density at radius 2 is 0.884 bits per heavy atom. The van der Waals surface area contributed by atoms with E-state index in [0.717, 1.165) is 11.2 Å². The third-order valence-electron chi connectivity index (χ3n) is 8.63. The van der Waals surface area contributed by atoms with Gasteiger partial charge in [-0.05, 0) is 67.6 Å². The summed E-state index contributed by atoms with van der Waals surface area (Å²) in [6.07, 6.45) is 0. The zero-order chi connectivity index (χ0) is 28.3. The molecule has 9 rings (SSSR count). The summed E-state index contributed by atoms with van der Waals surface area (Å²) in [5, 5.41) is 7.51. The van der Waals surface area contributed by atoms with Crippen molar-refractivity contribution in [3.63, 3.8) is 0 Å². The van der Waals surface area contributed by atoms with Gasteiger partial charge in [0.2, 0.25) is 0 Å². The van der Waals surface area contributed by atoms with Gasteiger partial charge in [-0.1, -0.05) is 133 Å². The summed E-state index contributed by atoms with van der Waals surface area (Å²) in [6.45, 7) is 0. The molecule has 0 aromatic heterocycles. The number of hydrogen-bond acceptors (Lipinski definition) is 2. The lowest BCUT2D eigenvalue weighted by molar-refractivity contribution is 1.49. The summed E-state index contributed by atoms with van der Waals surface area (Å²) >= 11 is 1.86. The predicted molar refractivity (Wildman–Crippen MR) is 185 cm³/mol. The highest BCUT2D eigenvalue weighted by Gasteiger charge is 2.22. The molecule has 0 N–H and O–H groups in total. The molecule has 2 heterocycles. The second kappa shape index (κ2) is 9.62. The lowest BCUT2D eigenvalue weighted by atomic mass is 9.85. The third-order valence-corrected chi connectivity index (χ3v) is 9.85. The van der Waals surface area contributed by atoms with Crippen LogP contribution in [0.15, 0.2) is 152 Å². The van der Waals surface area contributed by atoms with Crippen molar-refractivity contribution in [2.75, 3.05) is 0 Å². The van der Waals surface area contributed by atoms with Gasteiger partial charge in [-0.3, -0.25) is 0 Å². The van der Waals surface area contributed by atoms with Crippen LogP contribution in [0.4, 0.5) is 0 Å². The fraction of sp³-hybridized carbons (Fsp3) is 0. The van der Waals surface area contributed by atoms with Gasteiger partial charge < -0.3 is 0 Å². The molecule has 2 aliphatic rings. The van der Waals surface area contributed by atoms with E-state index in [0.29, 0.717) is 0 Å². The maximum atomic E-state index is 5.14. The molecule has 7 aromatic carbocycles. The van der Waals surface area contributed by atoms with Gasteiger partial charge in [0, 0.05) is 25.9 Å². The van der Waals surface area contributed by atoms with Crippen molar-refractivity contribution in [2.24, 2.45) is 0 Å². The van der Waals surface area contributed by atoms with Crippen molar-refractivity contribution in [2.45, 2.75) is 0 Å². The van der Waals surface area contributed by atoms with E-state index in [-0.39, 0.29) is 0 Å². The Morgan fingerprint density at radius 1 is 0.372 bits per heavy atom. The zero-order valence-electron chi connectivity index (χ0n) is 23.3.